The molecule has 3 aromatic carbocycles. The number of hydrogen-bond donors (Lipinski definition) is 0. The van der Waals surface area contributed by atoms with Crippen LogP contribution in [0.25, 0.3) is 0 Å². The summed E-state index contributed by atoms with van der Waals surface area (Å²) < 4.78 is 27.6. The van der Waals surface area contributed by atoms with Crippen LogP contribution in [-0.2, 0) is 23.0 Å². The van der Waals surface area contributed by atoms with Crippen molar-refractivity contribution in [1.82, 2.24) is 4.31 Å². The Bertz CT molecular complexity index is 1160. The summed E-state index contributed by atoms with van der Waals surface area (Å²) in [6, 6.07) is 19.7. The second-order valence-electron chi connectivity index (χ2n) is 6.74. The number of rotatable bonds is 4. The van der Waals surface area contributed by atoms with Crippen LogP contribution in [-0.4, -0.2) is 25.5 Å². The number of benzene rings is 3. The van der Waals surface area contributed by atoms with Crippen molar-refractivity contribution in [3.05, 3.63) is 93.5 Å². The van der Waals surface area contributed by atoms with E-state index >= 15 is 0 Å². The lowest BCUT2D eigenvalue weighted by atomic mass is 10.0. The zero-order valence-corrected chi connectivity index (χ0v) is 17.8. The highest BCUT2D eigenvalue weighted by Crippen LogP contribution is 2.27. The molecule has 0 atom stereocenters. The van der Waals surface area contributed by atoms with E-state index in [1.165, 1.54) is 9.87 Å². The van der Waals surface area contributed by atoms with Crippen LogP contribution in [0.2, 0.25) is 10.0 Å². The highest BCUT2D eigenvalue weighted by molar-refractivity contribution is 7.89. The summed E-state index contributed by atoms with van der Waals surface area (Å²) >= 11 is 12.3. The monoisotopic (exact) mass is 444 g/mol. The molecule has 3 aromatic rings. The van der Waals surface area contributed by atoms with E-state index in [4.69, 9.17) is 23.2 Å². The van der Waals surface area contributed by atoms with Gasteiger partial charge in [-0.3, -0.25) is 4.99 Å². The fourth-order valence-corrected chi connectivity index (χ4v) is 5.22. The van der Waals surface area contributed by atoms with Crippen molar-refractivity contribution in [3.63, 3.8) is 0 Å². The second kappa shape index (κ2) is 8.28. The molecular formula is C22H18Cl2N2O2S. The van der Waals surface area contributed by atoms with E-state index in [2.05, 4.69) is 11.1 Å². The molecule has 0 unspecified atom stereocenters. The van der Waals surface area contributed by atoms with Crippen molar-refractivity contribution >= 4 is 45.1 Å². The predicted molar refractivity (Wildman–Crippen MR) is 118 cm³/mol. The first kappa shape index (κ1) is 20.1. The third-order valence-electron chi connectivity index (χ3n) is 4.91. The van der Waals surface area contributed by atoms with Crippen molar-refractivity contribution in [2.45, 2.75) is 17.9 Å². The summed E-state index contributed by atoms with van der Waals surface area (Å²) in [7, 11) is -3.56. The smallest absolute Gasteiger partial charge is 0.243 e. The lowest BCUT2D eigenvalue weighted by molar-refractivity contribution is 0.391. The van der Waals surface area contributed by atoms with Crippen LogP contribution < -0.4 is 0 Å². The minimum atomic E-state index is -3.56. The molecule has 29 heavy (non-hydrogen) atoms. The molecule has 1 aliphatic rings. The second-order valence-corrected chi connectivity index (χ2v) is 9.50. The first-order valence-electron chi connectivity index (χ1n) is 9.10. The molecule has 0 spiro atoms. The van der Waals surface area contributed by atoms with Crippen LogP contribution in [0.15, 0.2) is 76.6 Å². The minimum Gasteiger partial charge on any atom is -0.256 e. The summed E-state index contributed by atoms with van der Waals surface area (Å²) in [6.07, 6.45) is 2.30. The quantitative estimate of drug-likeness (QED) is 0.499. The summed E-state index contributed by atoms with van der Waals surface area (Å²) in [5.41, 5.74) is 3.51. The van der Waals surface area contributed by atoms with Gasteiger partial charge >= 0.3 is 0 Å². The number of halogens is 2. The molecule has 7 heteroatoms. The largest absolute Gasteiger partial charge is 0.256 e. The normalized spacial score (nSPS) is 14.8. The van der Waals surface area contributed by atoms with Gasteiger partial charge in [0, 0.05) is 24.9 Å². The van der Waals surface area contributed by atoms with Gasteiger partial charge in [-0.25, -0.2) is 8.42 Å². The zero-order chi connectivity index (χ0) is 20.4. The Hall–Kier alpha value is -2.18. The van der Waals surface area contributed by atoms with E-state index in [1.54, 1.807) is 48.7 Å². The maximum Gasteiger partial charge on any atom is 0.243 e. The molecule has 0 aromatic heterocycles. The van der Waals surface area contributed by atoms with Crippen LogP contribution >= 0.6 is 23.2 Å². The molecule has 0 radical (unpaired) electrons. The molecule has 0 aliphatic carbocycles. The summed E-state index contributed by atoms with van der Waals surface area (Å²) in [5, 5.41) is 1.01. The molecule has 0 saturated heterocycles. The van der Waals surface area contributed by atoms with E-state index in [1.807, 2.05) is 18.2 Å². The maximum atomic E-state index is 13.0. The average Bonchev–Trinajstić information content (AvgIpc) is 2.73. The number of nitrogens with zero attached hydrogens (tertiary/aromatic N) is 2. The molecule has 4 rings (SSSR count). The SMILES string of the molecule is O=S(=O)(c1ccc(N=Cc2c(Cl)cccc2Cl)cc1)N1CCc2ccccc2C1. The Morgan fingerprint density at radius 3 is 2.21 bits per heavy atom. The summed E-state index contributed by atoms with van der Waals surface area (Å²) in [5.74, 6) is 0. The van der Waals surface area contributed by atoms with Gasteiger partial charge in [0.1, 0.15) is 0 Å². The van der Waals surface area contributed by atoms with Gasteiger partial charge < -0.3 is 0 Å². The Morgan fingerprint density at radius 1 is 0.862 bits per heavy atom. The van der Waals surface area contributed by atoms with E-state index in [-0.39, 0.29) is 4.90 Å². The summed E-state index contributed by atoms with van der Waals surface area (Å²) in [6.45, 7) is 0.869. The number of fused-ring (bicyclic) bond motifs is 1. The fourth-order valence-electron chi connectivity index (χ4n) is 3.30. The molecule has 1 heterocycles. The number of hydrogen-bond acceptors (Lipinski definition) is 3. The molecule has 148 valence electrons. The molecule has 0 saturated carbocycles. The zero-order valence-electron chi connectivity index (χ0n) is 15.4. The van der Waals surface area contributed by atoms with E-state index in [0.29, 0.717) is 34.4 Å². The molecule has 0 N–H and O–H groups in total. The molecule has 0 bridgehead atoms. The minimum absolute atomic E-state index is 0.256. The van der Waals surface area contributed by atoms with E-state index < -0.39 is 10.0 Å². The Kier molecular flexibility index (Phi) is 5.74. The topological polar surface area (TPSA) is 49.7 Å². The van der Waals surface area contributed by atoms with Crippen LogP contribution in [0.3, 0.4) is 0 Å². The number of sulfonamides is 1. The first-order valence-corrected chi connectivity index (χ1v) is 11.3. The lowest BCUT2D eigenvalue weighted by Gasteiger charge is -2.28. The van der Waals surface area contributed by atoms with Crippen molar-refractivity contribution in [1.29, 1.82) is 0 Å². The number of aliphatic imine (C=N–C) groups is 1. The van der Waals surface area contributed by atoms with Crippen molar-refractivity contribution in [2.24, 2.45) is 4.99 Å². The van der Waals surface area contributed by atoms with Gasteiger partial charge in [-0.2, -0.15) is 4.31 Å². The van der Waals surface area contributed by atoms with Crippen LogP contribution in [0.4, 0.5) is 5.69 Å². The Labute approximate surface area is 180 Å². The highest BCUT2D eigenvalue weighted by Gasteiger charge is 2.28. The Balaban J connectivity index is 1.54. The Morgan fingerprint density at radius 2 is 1.52 bits per heavy atom. The first-order chi connectivity index (χ1) is 13.9. The van der Waals surface area contributed by atoms with Crippen LogP contribution in [0, 0.1) is 0 Å². The highest BCUT2D eigenvalue weighted by atomic mass is 35.5. The van der Waals surface area contributed by atoms with E-state index in [9.17, 15) is 8.42 Å². The molecule has 0 amide bonds. The van der Waals surface area contributed by atoms with Gasteiger partial charge in [-0.05, 0) is 53.9 Å². The van der Waals surface area contributed by atoms with Crippen LogP contribution in [0.1, 0.15) is 16.7 Å². The molecular weight excluding hydrogens is 427 g/mol. The van der Waals surface area contributed by atoms with Gasteiger partial charge in [0.05, 0.1) is 20.6 Å². The van der Waals surface area contributed by atoms with Crippen LogP contribution in [0.5, 0.6) is 0 Å². The average molecular weight is 445 g/mol. The maximum absolute atomic E-state index is 13.0. The van der Waals surface area contributed by atoms with Crippen molar-refractivity contribution in [2.75, 3.05) is 6.54 Å². The van der Waals surface area contributed by atoms with Gasteiger partial charge in [0.2, 0.25) is 10.0 Å². The van der Waals surface area contributed by atoms with Gasteiger partial charge in [-0.1, -0.05) is 53.5 Å². The van der Waals surface area contributed by atoms with E-state index in [0.717, 1.165) is 12.0 Å². The standard InChI is InChI=1S/C22H18Cl2N2O2S/c23-21-6-3-7-22(24)20(21)14-25-18-8-10-19(11-9-18)29(27,28)26-13-12-16-4-1-2-5-17(16)15-26/h1-11,14H,12-13,15H2. The molecule has 0 fully saturated rings. The van der Waals surface area contributed by atoms with Crippen molar-refractivity contribution < 1.29 is 8.42 Å². The third-order valence-corrected chi connectivity index (χ3v) is 7.43. The van der Waals surface area contributed by atoms with Gasteiger partial charge in [0.25, 0.3) is 0 Å². The molecule has 4 nitrogen and oxygen atoms in total. The van der Waals surface area contributed by atoms with Crippen molar-refractivity contribution in [3.8, 4) is 0 Å². The van der Waals surface area contributed by atoms with Gasteiger partial charge in [0.15, 0.2) is 0 Å². The summed E-state index contributed by atoms with van der Waals surface area (Å²) in [4.78, 5) is 4.62. The fraction of sp³-hybridized carbons (Fsp3) is 0.136. The molecule has 1 aliphatic heterocycles. The third kappa shape index (κ3) is 4.23. The lowest BCUT2D eigenvalue weighted by Crippen LogP contribution is -2.35. The predicted octanol–water partition coefficient (Wildman–Crippen LogP) is 5.49. The van der Waals surface area contributed by atoms with Gasteiger partial charge in [-0.15, -0.1) is 0 Å².